The molecule has 0 bridgehead atoms. The van der Waals surface area contributed by atoms with Gasteiger partial charge in [-0.05, 0) is 43.5 Å². The van der Waals surface area contributed by atoms with Crippen LogP contribution in [0.3, 0.4) is 0 Å². The molecule has 0 aliphatic heterocycles. The first-order valence-corrected chi connectivity index (χ1v) is 8.57. The SMILES string of the molecule is CC1CCCC(N(C)C(CN)c2ccc(Br)cc2Cl)C1. The maximum atomic E-state index is 6.40. The molecular formula is C16H24BrClN2. The fourth-order valence-electron chi connectivity index (χ4n) is 3.31. The lowest BCUT2D eigenvalue weighted by Crippen LogP contribution is -2.41. The van der Waals surface area contributed by atoms with Gasteiger partial charge in [0.1, 0.15) is 0 Å². The molecular weight excluding hydrogens is 336 g/mol. The Hall–Kier alpha value is -0.0900. The molecule has 2 N–H and O–H groups in total. The molecule has 1 fully saturated rings. The van der Waals surface area contributed by atoms with Gasteiger partial charge in [-0.15, -0.1) is 0 Å². The first-order chi connectivity index (χ1) is 9.52. The topological polar surface area (TPSA) is 29.3 Å². The van der Waals surface area contributed by atoms with Crippen LogP contribution in [0.15, 0.2) is 22.7 Å². The van der Waals surface area contributed by atoms with E-state index in [2.05, 4.69) is 40.9 Å². The molecule has 112 valence electrons. The van der Waals surface area contributed by atoms with Gasteiger partial charge in [0.25, 0.3) is 0 Å². The monoisotopic (exact) mass is 358 g/mol. The lowest BCUT2D eigenvalue weighted by Gasteiger charge is -2.39. The van der Waals surface area contributed by atoms with Crippen LogP contribution >= 0.6 is 27.5 Å². The molecule has 2 rings (SSSR count). The number of nitrogens with two attached hydrogens (primary N) is 1. The Morgan fingerprint density at radius 2 is 2.20 bits per heavy atom. The molecule has 0 heterocycles. The van der Waals surface area contributed by atoms with E-state index in [4.69, 9.17) is 17.3 Å². The molecule has 0 saturated heterocycles. The van der Waals surface area contributed by atoms with Crippen molar-refractivity contribution < 1.29 is 0 Å². The van der Waals surface area contributed by atoms with Gasteiger partial charge < -0.3 is 5.73 Å². The molecule has 1 aromatic rings. The molecule has 3 atom stereocenters. The Labute approximate surface area is 135 Å². The van der Waals surface area contributed by atoms with Crippen molar-refractivity contribution in [2.24, 2.45) is 11.7 Å². The minimum Gasteiger partial charge on any atom is -0.329 e. The largest absolute Gasteiger partial charge is 0.329 e. The van der Waals surface area contributed by atoms with E-state index < -0.39 is 0 Å². The highest BCUT2D eigenvalue weighted by Crippen LogP contribution is 2.34. The molecule has 0 spiro atoms. The van der Waals surface area contributed by atoms with Crippen molar-refractivity contribution in [3.63, 3.8) is 0 Å². The number of halogens is 2. The van der Waals surface area contributed by atoms with Crippen LogP contribution in [0.25, 0.3) is 0 Å². The summed E-state index contributed by atoms with van der Waals surface area (Å²) in [6.07, 6.45) is 5.21. The lowest BCUT2D eigenvalue weighted by atomic mass is 9.85. The molecule has 1 aliphatic rings. The minimum absolute atomic E-state index is 0.200. The molecule has 1 aliphatic carbocycles. The average Bonchev–Trinajstić information content (AvgIpc) is 2.41. The smallest absolute Gasteiger partial charge is 0.0485 e. The molecule has 0 amide bonds. The Morgan fingerprint density at radius 3 is 2.80 bits per heavy atom. The van der Waals surface area contributed by atoms with Crippen molar-refractivity contribution in [3.8, 4) is 0 Å². The molecule has 4 heteroatoms. The van der Waals surface area contributed by atoms with E-state index >= 15 is 0 Å². The zero-order valence-corrected chi connectivity index (χ0v) is 14.6. The van der Waals surface area contributed by atoms with Gasteiger partial charge in [-0.3, -0.25) is 4.90 Å². The summed E-state index contributed by atoms with van der Waals surface area (Å²) < 4.78 is 1.01. The quantitative estimate of drug-likeness (QED) is 0.850. The molecule has 2 nitrogen and oxygen atoms in total. The van der Waals surface area contributed by atoms with E-state index in [0.29, 0.717) is 12.6 Å². The van der Waals surface area contributed by atoms with Crippen molar-refractivity contribution in [2.45, 2.75) is 44.7 Å². The second-order valence-electron chi connectivity index (χ2n) is 6.01. The van der Waals surface area contributed by atoms with Crippen molar-refractivity contribution >= 4 is 27.5 Å². The summed E-state index contributed by atoms with van der Waals surface area (Å²) in [6, 6.07) is 6.91. The van der Waals surface area contributed by atoms with E-state index in [9.17, 15) is 0 Å². The van der Waals surface area contributed by atoms with E-state index in [1.54, 1.807) is 0 Å². The third-order valence-electron chi connectivity index (χ3n) is 4.52. The minimum atomic E-state index is 0.200. The summed E-state index contributed by atoms with van der Waals surface area (Å²) in [4.78, 5) is 2.44. The third kappa shape index (κ3) is 3.76. The highest BCUT2D eigenvalue weighted by atomic mass is 79.9. The fourth-order valence-corrected chi connectivity index (χ4v) is 4.11. The fraction of sp³-hybridized carbons (Fsp3) is 0.625. The van der Waals surface area contributed by atoms with E-state index in [1.165, 1.54) is 25.7 Å². The Balaban J connectivity index is 2.18. The first kappa shape index (κ1) is 16.3. The van der Waals surface area contributed by atoms with Gasteiger partial charge in [0, 0.05) is 28.1 Å². The number of nitrogens with zero attached hydrogens (tertiary/aromatic N) is 1. The normalized spacial score (nSPS) is 24.9. The van der Waals surface area contributed by atoms with Crippen LogP contribution < -0.4 is 5.73 Å². The van der Waals surface area contributed by atoms with Crippen LogP contribution in [0.5, 0.6) is 0 Å². The molecule has 20 heavy (non-hydrogen) atoms. The summed E-state index contributed by atoms with van der Waals surface area (Å²) in [6.45, 7) is 2.95. The van der Waals surface area contributed by atoms with Crippen LogP contribution in [-0.4, -0.2) is 24.5 Å². The molecule has 0 radical (unpaired) electrons. The number of benzene rings is 1. The van der Waals surface area contributed by atoms with Crippen molar-refractivity contribution in [1.29, 1.82) is 0 Å². The second kappa shape index (κ2) is 7.26. The first-order valence-electron chi connectivity index (χ1n) is 7.40. The van der Waals surface area contributed by atoms with E-state index in [1.807, 2.05) is 12.1 Å². The zero-order chi connectivity index (χ0) is 14.7. The Morgan fingerprint density at radius 1 is 1.45 bits per heavy atom. The Kier molecular flexibility index (Phi) is 5.91. The van der Waals surface area contributed by atoms with Gasteiger partial charge >= 0.3 is 0 Å². The maximum absolute atomic E-state index is 6.40. The zero-order valence-electron chi connectivity index (χ0n) is 12.3. The van der Waals surface area contributed by atoms with Gasteiger partial charge in [-0.1, -0.05) is 53.4 Å². The summed E-state index contributed by atoms with van der Waals surface area (Å²) >= 11 is 9.86. The van der Waals surface area contributed by atoms with Crippen LogP contribution in [0.4, 0.5) is 0 Å². The number of hydrogen-bond donors (Lipinski definition) is 1. The summed E-state index contributed by atoms with van der Waals surface area (Å²) in [5, 5.41) is 0.797. The summed E-state index contributed by atoms with van der Waals surface area (Å²) in [5.74, 6) is 0.815. The van der Waals surface area contributed by atoms with Gasteiger partial charge in [0.2, 0.25) is 0 Å². The molecule has 0 aromatic heterocycles. The van der Waals surface area contributed by atoms with Crippen molar-refractivity contribution in [2.75, 3.05) is 13.6 Å². The lowest BCUT2D eigenvalue weighted by molar-refractivity contribution is 0.121. The highest BCUT2D eigenvalue weighted by Gasteiger charge is 2.28. The summed E-state index contributed by atoms with van der Waals surface area (Å²) in [5.41, 5.74) is 7.18. The predicted octanol–water partition coefficient (Wildman–Crippen LogP) is 4.61. The standard InChI is InChI=1S/C16H24BrClN2/c1-11-4-3-5-13(8-11)20(2)16(10-19)14-7-6-12(17)9-15(14)18/h6-7,9,11,13,16H,3-5,8,10,19H2,1-2H3. The second-order valence-corrected chi connectivity index (χ2v) is 7.33. The predicted molar refractivity (Wildman–Crippen MR) is 90.1 cm³/mol. The van der Waals surface area contributed by atoms with Crippen LogP contribution in [-0.2, 0) is 0 Å². The number of rotatable bonds is 4. The van der Waals surface area contributed by atoms with Gasteiger partial charge in [-0.2, -0.15) is 0 Å². The van der Waals surface area contributed by atoms with Crippen LogP contribution in [0.2, 0.25) is 5.02 Å². The maximum Gasteiger partial charge on any atom is 0.0485 e. The van der Waals surface area contributed by atoms with E-state index in [-0.39, 0.29) is 6.04 Å². The molecule has 1 saturated carbocycles. The molecule has 1 aromatic carbocycles. The van der Waals surface area contributed by atoms with Gasteiger partial charge in [-0.25, -0.2) is 0 Å². The van der Waals surface area contributed by atoms with Gasteiger partial charge in [0.15, 0.2) is 0 Å². The average molecular weight is 360 g/mol. The Bertz CT molecular complexity index is 452. The van der Waals surface area contributed by atoms with Crippen LogP contribution in [0.1, 0.15) is 44.2 Å². The van der Waals surface area contributed by atoms with Crippen LogP contribution in [0, 0.1) is 5.92 Å². The highest BCUT2D eigenvalue weighted by molar-refractivity contribution is 9.10. The summed E-state index contributed by atoms with van der Waals surface area (Å²) in [7, 11) is 2.19. The van der Waals surface area contributed by atoms with E-state index in [0.717, 1.165) is 21.0 Å². The van der Waals surface area contributed by atoms with Crippen molar-refractivity contribution in [1.82, 2.24) is 4.90 Å². The number of hydrogen-bond acceptors (Lipinski definition) is 2. The molecule has 3 unspecified atom stereocenters. The van der Waals surface area contributed by atoms with Gasteiger partial charge in [0.05, 0.1) is 0 Å². The third-order valence-corrected chi connectivity index (χ3v) is 5.34. The van der Waals surface area contributed by atoms with Crippen molar-refractivity contribution in [3.05, 3.63) is 33.3 Å². The number of likely N-dealkylation sites (N-methyl/N-ethyl adjacent to an activating group) is 1.